The number of carbonyl (C=O) groups is 2. The van der Waals surface area contributed by atoms with E-state index in [1.165, 1.54) is 11.3 Å². The minimum absolute atomic E-state index is 0.292. The summed E-state index contributed by atoms with van der Waals surface area (Å²) in [5.74, 6) is -0.307. The number of benzene rings is 2. The number of amides is 2. The van der Waals surface area contributed by atoms with Crippen LogP contribution in [-0.4, -0.2) is 49.1 Å². The molecule has 0 saturated carbocycles. The van der Waals surface area contributed by atoms with Crippen LogP contribution in [0.3, 0.4) is 0 Å². The highest BCUT2D eigenvalue weighted by Crippen LogP contribution is 2.28. The van der Waals surface area contributed by atoms with E-state index in [9.17, 15) is 9.59 Å². The number of nitrogens with one attached hydrogen (secondary N) is 2. The monoisotopic (exact) mass is 425 g/mol. The molecule has 0 radical (unpaired) electrons. The summed E-state index contributed by atoms with van der Waals surface area (Å²) in [4.78, 5) is 30.6. The molecule has 2 aromatic carbocycles. The van der Waals surface area contributed by atoms with Crippen LogP contribution in [-0.2, 0) is 4.74 Å². The lowest BCUT2D eigenvalue weighted by Crippen LogP contribution is -2.22. The van der Waals surface area contributed by atoms with Crippen molar-refractivity contribution >= 4 is 40.4 Å². The summed E-state index contributed by atoms with van der Waals surface area (Å²) >= 11 is 1.51. The number of carbonyl (C=O) groups excluding carboxylic acids is 2. The quantitative estimate of drug-likeness (QED) is 0.497. The summed E-state index contributed by atoms with van der Waals surface area (Å²) in [5, 5.41) is 8.18. The van der Waals surface area contributed by atoms with Crippen LogP contribution in [0.1, 0.15) is 10.4 Å². The standard InChI is InChI=1S/C21H23N5O3S/c1-26(2)10-11-29-21(28)24-16-6-3-14(4-7-16)19(27)25-18-13-15(5-8-17(18)22)20-23-9-12-30-20/h3-9,12-13H,10-11,22H2,1-2H3,(H,24,28)(H,25,27). The molecule has 1 aromatic heterocycles. The van der Waals surface area contributed by atoms with Gasteiger partial charge < -0.3 is 20.7 Å². The van der Waals surface area contributed by atoms with E-state index in [4.69, 9.17) is 10.5 Å². The van der Waals surface area contributed by atoms with Crippen molar-refractivity contribution in [3.8, 4) is 10.6 Å². The van der Waals surface area contributed by atoms with Gasteiger partial charge in [-0.1, -0.05) is 0 Å². The number of nitrogens with two attached hydrogens (primary N) is 1. The fourth-order valence-corrected chi connectivity index (χ4v) is 3.17. The lowest BCUT2D eigenvalue weighted by atomic mass is 10.1. The maximum Gasteiger partial charge on any atom is 0.411 e. The Bertz CT molecular complexity index is 1000. The first-order valence-corrected chi connectivity index (χ1v) is 10.1. The molecule has 156 valence electrons. The summed E-state index contributed by atoms with van der Waals surface area (Å²) in [5.41, 5.74) is 8.83. The van der Waals surface area contributed by atoms with Crippen molar-refractivity contribution in [2.45, 2.75) is 0 Å². The third-order valence-corrected chi connectivity index (χ3v) is 4.97. The molecular formula is C21H23N5O3S. The van der Waals surface area contributed by atoms with E-state index in [0.717, 1.165) is 10.6 Å². The van der Waals surface area contributed by atoms with Crippen molar-refractivity contribution in [3.05, 3.63) is 59.6 Å². The van der Waals surface area contributed by atoms with E-state index >= 15 is 0 Å². The van der Waals surface area contributed by atoms with Gasteiger partial charge in [-0.15, -0.1) is 11.3 Å². The number of hydrogen-bond donors (Lipinski definition) is 3. The smallest absolute Gasteiger partial charge is 0.411 e. The van der Waals surface area contributed by atoms with Crippen LogP contribution in [0.15, 0.2) is 54.0 Å². The van der Waals surface area contributed by atoms with E-state index in [2.05, 4.69) is 15.6 Å². The Labute approximate surface area is 178 Å². The molecule has 8 nitrogen and oxygen atoms in total. The average molecular weight is 426 g/mol. The van der Waals surface area contributed by atoms with Crippen molar-refractivity contribution in [3.63, 3.8) is 0 Å². The lowest BCUT2D eigenvalue weighted by Gasteiger charge is -2.11. The zero-order chi connectivity index (χ0) is 21.5. The van der Waals surface area contributed by atoms with Gasteiger partial charge in [-0.2, -0.15) is 0 Å². The second-order valence-electron chi connectivity index (χ2n) is 6.73. The van der Waals surface area contributed by atoms with Crippen LogP contribution in [0.2, 0.25) is 0 Å². The molecule has 0 saturated heterocycles. The molecule has 0 bridgehead atoms. The fourth-order valence-electron chi connectivity index (χ4n) is 2.54. The van der Waals surface area contributed by atoms with Gasteiger partial charge in [0.15, 0.2) is 0 Å². The number of hydrogen-bond acceptors (Lipinski definition) is 7. The maximum atomic E-state index is 12.6. The first kappa shape index (κ1) is 21.3. The number of nitrogen functional groups attached to an aromatic ring is 1. The van der Waals surface area contributed by atoms with Crippen molar-refractivity contribution in [2.24, 2.45) is 0 Å². The predicted molar refractivity (Wildman–Crippen MR) is 120 cm³/mol. The minimum atomic E-state index is -0.541. The molecule has 0 aliphatic heterocycles. The van der Waals surface area contributed by atoms with Gasteiger partial charge in [0.25, 0.3) is 5.91 Å². The topological polar surface area (TPSA) is 110 Å². The number of anilines is 3. The highest BCUT2D eigenvalue weighted by atomic mass is 32.1. The first-order valence-electron chi connectivity index (χ1n) is 9.21. The van der Waals surface area contributed by atoms with Crippen LogP contribution in [0.25, 0.3) is 10.6 Å². The van der Waals surface area contributed by atoms with Gasteiger partial charge in [0.2, 0.25) is 0 Å². The van der Waals surface area contributed by atoms with Gasteiger partial charge in [-0.3, -0.25) is 10.1 Å². The van der Waals surface area contributed by atoms with Gasteiger partial charge in [0, 0.05) is 34.9 Å². The largest absolute Gasteiger partial charge is 0.448 e. The van der Waals surface area contributed by atoms with Gasteiger partial charge >= 0.3 is 6.09 Å². The Kier molecular flexibility index (Phi) is 6.99. The molecule has 0 unspecified atom stereocenters. The van der Waals surface area contributed by atoms with E-state index in [0.29, 0.717) is 35.8 Å². The second kappa shape index (κ2) is 9.86. The van der Waals surface area contributed by atoms with E-state index in [1.807, 2.05) is 30.4 Å². The van der Waals surface area contributed by atoms with Crippen LogP contribution in [0.5, 0.6) is 0 Å². The van der Waals surface area contributed by atoms with Crippen LogP contribution in [0.4, 0.5) is 21.9 Å². The maximum absolute atomic E-state index is 12.6. The van der Waals surface area contributed by atoms with Crippen LogP contribution in [0, 0.1) is 0 Å². The van der Waals surface area contributed by atoms with E-state index in [-0.39, 0.29) is 5.91 Å². The molecule has 0 aliphatic rings. The number of ether oxygens (including phenoxy) is 1. The molecule has 2 amide bonds. The zero-order valence-corrected chi connectivity index (χ0v) is 17.5. The van der Waals surface area contributed by atoms with Crippen LogP contribution < -0.4 is 16.4 Å². The number of nitrogens with zero attached hydrogens (tertiary/aromatic N) is 2. The Morgan fingerprint density at radius 2 is 1.90 bits per heavy atom. The fraction of sp³-hybridized carbons (Fsp3) is 0.190. The van der Waals surface area contributed by atoms with Gasteiger partial charge in [-0.05, 0) is 56.6 Å². The molecule has 1 heterocycles. The average Bonchev–Trinajstić information content (AvgIpc) is 3.24. The summed E-state index contributed by atoms with van der Waals surface area (Å²) in [7, 11) is 3.79. The Morgan fingerprint density at radius 1 is 1.13 bits per heavy atom. The van der Waals surface area contributed by atoms with Gasteiger partial charge in [0.1, 0.15) is 11.6 Å². The zero-order valence-electron chi connectivity index (χ0n) is 16.7. The number of likely N-dealkylation sites (N-methyl/N-ethyl adjacent to an activating group) is 1. The van der Waals surface area contributed by atoms with E-state index in [1.54, 1.807) is 42.6 Å². The molecule has 3 rings (SSSR count). The normalized spacial score (nSPS) is 10.6. The second-order valence-corrected chi connectivity index (χ2v) is 7.63. The van der Waals surface area contributed by atoms with Gasteiger partial charge in [-0.25, -0.2) is 9.78 Å². The Morgan fingerprint density at radius 3 is 2.57 bits per heavy atom. The Hall–Kier alpha value is -3.43. The highest BCUT2D eigenvalue weighted by Gasteiger charge is 2.11. The summed E-state index contributed by atoms with van der Waals surface area (Å²) < 4.78 is 5.08. The van der Waals surface area contributed by atoms with Crippen molar-refractivity contribution < 1.29 is 14.3 Å². The van der Waals surface area contributed by atoms with Gasteiger partial charge in [0.05, 0.1) is 11.4 Å². The third-order valence-electron chi connectivity index (χ3n) is 4.15. The summed E-state index contributed by atoms with van der Waals surface area (Å²) in [6.45, 7) is 0.931. The molecule has 4 N–H and O–H groups in total. The molecule has 9 heteroatoms. The highest BCUT2D eigenvalue weighted by molar-refractivity contribution is 7.13. The Balaban J connectivity index is 1.61. The molecule has 3 aromatic rings. The molecule has 0 spiro atoms. The van der Waals surface area contributed by atoms with E-state index < -0.39 is 6.09 Å². The third kappa shape index (κ3) is 5.79. The molecule has 0 aliphatic carbocycles. The molecular weight excluding hydrogens is 402 g/mol. The number of thiazole rings is 1. The lowest BCUT2D eigenvalue weighted by molar-refractivity contribution is 0.102. The SMILES string of the molecule is CN(C)CCOC(=O)Nc1ccc(C(=O)Nc2cc(-c3nccs3)ccc2N)cc1. The number of rotatable bonds is 7. The van der Waals surface area contributed by atoms with Crippen LogP contribution >= 0.6 is 11.3 Å². The first-order chi connectivity index (χ1) is 14.4. The molecule has 0 fully saturated rings. The summed E-state index contributed by atoms with van der Waals surface area (Å²) in [6.07, 6.45) is 1.18. The van der Waals surface area contributed by atoms with Crippen molar-refractivity contribution in [1.82, 2.24) is 9.88 Å². The summed E-state index contributed by atoms with van der Waals surface area (Å²) in [6, 6.07) is 11.9. The molecule has 30 heavy (non-hydrogen) atoms. The minimum Gasteiger partial charge on any atom is -0.448 e. The van der Waals surface area contributed by atoms with Crippen molar-refractivity contribution in [2.75, 3.05) is 43.6 Å². The predicted octanol–water partition coefficient (Wildman–Crippen LogP) is 3.75. The molecule has 0 atom stereocenters. The van der Waals surface area contributed by atoms with Crippen molar-refractivity contribution in [1.29, 1.82) is 0 Å². The number of aromatic nitrogens is 1.